The second-order valence-corrected chi connectivity index (χ2v) is 9.35. The lowest BCUT2D eigenvalue weighted by Crippen LogP contribution is -2.42. The summed E-state index contributed by atoms with van der Waals surface area (Å²) in [7, 11) is 0. The molecular formula is C26H36N2O2S. The summed E-state index contributed by atoms with van der Waals surface area (Å²) in [4.78, 5) is 31.9. The molecule has 0 aliphatic rings. The third-order valence-corrected chi connectivity index (χ3v) is 6.22. The molecule has 0 saturated carbocycles. The fourth-order valence-corrected chi connectivity index (χ4v) is 4.41. The molecule has 0 spiro atoms. The lowest BCUT2D eigenvalue weighted by atomic mass is 10.1. The molecule has 0 bridgehead atoms. The maximum Gasteiger partial charge on any atom is 0.242 e. The molecule has 1 heterocycles. The molecule has 168 valence electrons. The Kier molecular flexibility index (Phi) is 11.1. The first-order valence-electron chi connectivity index (χ1n) is 11.3. The van der Waals surface area contributed by atoms with Crippen molar-refractivity contribution in [3.63, 3.8) is 0 Å². The molecule has 0 atom stereocenters. The molecule has 31 heavy (non-hydrogen) atoms. The number of hydrogen-bond donors (Lipinski definition) is 0. The van der Waals surface area contributed by atoms with Gasteiger partial charge in [0.15, 0.2) is 0 Å². The molecule has 0 saturated heterocycles. The Hall–Kier alpha value is -2.40. The van der Waals surface area contributed by atoms with Crippen LogP contribution in [0.5, 0.6) is 0 Å². The van der Waals surface area contributed by atoms with Crippen molar-refractivity contribution in [2.75, 3.05) is 13.1 Å². The first kappa shape index (κ1) is 24.9. The average Bonchev–Trinajstić information content (AvgIpc) is 3.18. The topological polar surface area (TPSA) is 40.6 Å². The summed E-state index contributed by atoms with van der Waals surface area (Å²) in [5.41, 5.74) is 1.08. The first-order chi connectivity index (χ1) is 15.0. The number of hydrogen-bond acceptors (Lipinski definition) is 3. The van der Waals surface area contributed by atoms with Crippen molar-refractivity contribution in [1.82, 2.24) is 9.80 Å². The molecule has 1 aromatic heterocycles. The Labute approximate surface area is 191 Å². The average molecular weight is 441 g/mol. The van der Waals surface area contributed by atoms with E-state index >= 15 is 0 Å². The second-order valence-electron chi connectivity index (χ2n) is 7.97. The molecular weight excluding hydrogens is 404 g/mol. The van der Waals surface area contributed by atoms with Gasteiger partial charge in [0.25, 0.3) is 0 Å². The minimum atomic E-state index is -0.0314. The van der Waals surface area contributed by atoms with E-state index < -0.39 is 0 Å². The van der Waals surface area contributed by atoms with Crippen LogP contribution in [0.25, 0.3) is 0 Å². The summed E-state index contributed by atoms with van der Waals surface area (Å²) < 4.78 is 0. The molecule has 2 amide bonds. The molecule has 0 aliphatic heterocycles. The fourth-order valence-electron chi connectivity index (χ4n) is 3.51. The summed E-state index contributed by atoms with van der Waals surface area (Å²) in [6, 6.07) is 14.2. The zero-order chi connectivity index (χ0) is 22.5. The normalized spacial score (nSPS) is 10.6. The lowest BCUT2D eigenvalue weighted by molar-refractivity contribution is -0.140. The van der Waals surface area contributed by atoms with Crippen LogP contribution in [-0.4, -0.2) is 34.7 Å². The first-order valence-corrected chi connectivity index (χ1v) is 12.1. The summed E-state index contributed by atoms with van der Waals surface area (Å²) in [6.45, 7) is 9.61. The van der Waals surface area contributed by atoms with Crippen LogP contribution in [0.15, 0.2) is 55.1 Å². The maximum atomic E-state index is 13.3. The lowest BCUT2D eigenvalue weighted by Gasteiger charge is -2.27. The highest BCUT2D eigenvalue weighted by atomic mass is 32.1. The van der Waals surface area contributed by atoms with Crippen LogP contribution in [0.3, 0.4) is 0 Å². The van der Waals surface area contributed by atoms with Crippen LogP contribution in [-0.2, 0) is 22.7 Å². The summed E-state index contributed by atoms with van der Waals surface area (Å²) in [5.74, 6) is 0.00691. The van der Waals surface area contributed by atoms with Crippen molar-refractivity contribution in [2.45, 2.75) is 65.5 Å². The largest absolute Gasteiger partial charge is 0.332 e. The van der Waals surface area contributed by atoms with Crippen molar-refractivity contribution in [3.05, 3.63) is 70.4 Å². The van der Waals surface area contributed by atoms with Gasteiger partial charge < -0.3 is 9.80 Å². The maximum absolute atomic E-state index is 13.3. The van der Waals surface area contributed by atoms with Gasteiger partial charge >= 0.3 is 0 Å². The van der Waals surface area contributed by atoms with Crippen LogP contribution < -0.4 is 0 Å². The second kappa shape index (κ2) is 13.8. The van der Waals surface area contributed by atoms with Gasteiger partial charge in [0.2, 0.25) is 11.8 Å². The number of benzene rings is 1. The van der Waals surface area contributed by atoms with E-state index in [0.717, 1.165) is 29.7 Å². The monoisotopic (exact) mass is 440 g/mol. The van der Waals surface area contributed by atoms with Gasteiger partial charge in [0, 0.05) is 29.3 Å². The predicted octanol–water partition coefficient (Wildman–Crippen LogP) is 5.96. The zero-order valence-electron chi connectivity index (χ0n) is 19.0. The summed E-state index contributed by atoms with van der Waals surface area (Å²) >= 11 is 1.71. The third kappa shape index (κ3) is 9.09. The van der Waals surface area contributed by atoms with Gasteiger partial charge in [-0.05, 0) is 31.0 Å². The van der Waals surface area contributed by atoms with Crippen molar-refractivity contribution in [1.29, 1.82) is 0 Å². The van der Waals surface area contributed by atoms with Crippen LogP contribution in [0, 0.1) is 6.92 Å². The van der Waals surface area contributed by atoms with Crippen LogP contribution in [0.2, 0.25) is 0 Å². The number of carbonyl (C=O) groups is 2. The Morgan fingerprint density at radius 3 is 2.32 bits per heavy atom. The number of rotatable bonds is 14. The van der Waals surface area contributed by atoms with E-state index in [2.05, 4.69) is 32.6 Å². The summed E-state index contributed by atoms with van der Waals surface area (Å²) in [6.07, 6.45) is 7.69. The molecule has 2 rings (SSSR count). The molecule has 0 aliphatic carbocycles. The van der Waals surface area contributed by atoms with Gasteiger partial charge in [-0.3, -0.25) is 9.59 Å². The Bertz CT molecular complexity index is 816. The van der Waals surface area contributed by atoms with Gasteiger partial charge in [-0.25, -0.2) is 0 Å². The van der Waals surface area contributed by atoms with Gasteiger partial charge in [0.05, 0.1) is 6.54 Å². The van der Waals surface area contributed by atoms with E-state index in [9.17, 15) is 9.59 Å². The van der Waals surface area contributed by atoms with Gasteiger partial charge in [-0.15, -0.1) is 17.9 Å². The van der Waals surface area contributed by atoms with E-state index in [1.807, 2.05) is 35.2 Å². The highest BCUT2D eigenvalue weighted by Gasteiger charge is 2.21. The zero-order valence-corrected chi connectivity index (χ0v) is 19.8. The highest BCUT2D eigenvalue weighted by molar-refractivity contribution is 7.11. The van der Waals surface area contributed by atoms with Crippen LogP contribution in [0.1, 0.15) is 60.8 Å². The Morgan fingerprint density at radius 2 is 1.68 bits per heavy atom. The quantitative estimate of drug-likeness (QED) is 0.269. The molecule has 0 unspecified atom stereocenters. The predicted molar refractivity (Wildman–Crippen MR) is 130 cm³/mol. The Morgan fingerprint density at radius 1 is 0.935 bits per heavy atom. The number of thiophene rings is 1. The van der Waals surface area contributed by atoms with Crippen LogP contribution >= 0.6 is 11.3 Å². The molecule has 0 radical (unpaired) electrons. The van der Waals surface area contributed by atoms with E-state index in [0.29, 0.717) is 26.1 Å². The molecule has 4 nitrogen and oxygen atoms in total. The fraction of sp³-hybridized carbons (Fsp3) is 0.462. The number of unbranched alkanes of at least 4 members (excludes halogenated alkanes) is 4. The van der Waals surface area contributed by atoms with Gasteiger partial charge in [-0.2, -0.15) is 0 Å². The van der Waals surface area contributed by atoms with E-state index in [1.165, 1.54) is 17.7 Å². The highest BCUT2D eigenvalue weighted by Crippen LogP contribution is 2.19. The number of carbonyl (C=O) groups excluding carboxylic acids is 2. The number of aryl methyl sites for hydroxylation is 1. The standard InChI is InChI=1S/C26H36N2O2S/c1-4-6-7-8-12-15-25(29)27(18-5-2)21-26(30)28(19-23-13-10-9-11-14-23)20-24-17-16-22(3)31-24/h5,9-11,13-14,16-17H,2,4,6-8,12,15,18-21H2,1,3H3. The SMILES string of the molecule is C=CCN(CC(=O)N(Cc1ccccc1)Cc1ccc(C)s1)C(=O)CCCCCCC. The van der Waals surface area contributed by atoms with E-state index in [-0.39, 0.29) is 18.4 Å². The van der Waals surface area contributed by atoms with E-state index in [1.54, 1.807) is 22.3 Å². The third-order valence-electron chi connectivity index (χ3n) is 5.23. The molecule has 0 fully saturated rings. The minimum Gasteiger partial charge on any atom is -0.332 e. The number of nitrogens with zero attached hydrogens (tertiary/aromatic N) is 2. The Balaban J connectivity index is 2.03. The summed E-state index contributed by atoms with van der Waals surface area (Å²) in [5, 5.41) is 0. The van der Waals surface area contributed by atoms with Crippen molar-refractivity contribution in [3.8, 4) is 0 Å². The minimum absolute atomic E-state index is 0.0314. The van der Waals surface area contributed by atoms with Gasteiger partial charge in [-0.1, -0.05) is 69.0 Å². The number of amides is 2. The van der Waals surface area contributed by atoms with Crippen molar-refractivity contribution < 1.29 is 9.59 Å². The van der Waals surface area contributed by atoms with Crippen molar-refractivity contribution >= 4 is 23.2 Å². The molecule has 2 aromatic rings. The molecule has 0 N–H and O–H groups in total. The van der Waals surface area contributed by atoms with Crippen LogP contribution in [0.4, 0.5) is 0 Å². The molecule has 1 aromatic carbocycles. The van der Waals surface area contributed by atoms with Crippen molar-refractivity contribution in [2.24, 2.45) is 0 Å². The molecule has 5 heteroatoms. The van der Waals surface area contributed by atoms with E-state index in [4.69, 9.17) is 0 Å². The van der Waals surface area contributed by atoms with Gasteiger partial charge in [0.1, 0.15) is 6.54 Å². The smallest absolute Gasteiger partial charge is 0.242 e.